The van der Waals surface area contributed by atoms with Gasteiger partial charge >= 0.3 is 0 Å². The zero-order valence-electron chi connectivity index (χ0n) is 11.5. The number of aromatic hydroxyl groups is 1. The number of benzene rings is 1. The number of amides is 1. The molecule has 1 rings (SSSR count). The minimum absolute atomic E-state index is 0.104. The Bertz CT molecular complexity index is 392. The van der Waals surface area contributed by atoms with Crippen molar-refractivity contribution in [1.29, 1.82) is 0 Å². The van der Waals surface area contributed by atoms with E-state index >= 15 is 0 Å². The summed E-state index contributed by atoms with van der Waals surface area (Å²) in [6.07, 6.45) is 0.456. The number of carbonyl (C=O) groups is 1. The summed E-state index contributed by atoms with van der Waals surface area (Å²) < 4.78 is 5.20. The fraction of sp³-hybridized carbons (Fsp3) is 0.500. The molecule has 0 heterocycles. The number of phenols is 1. The lowest BCUT2D eigenvalue weighted by Gasteiger charge is -2.21. The molecule has 0 saturated heterocycles. The van der Waals surface area contributed by atoms with Crippen molar-refractivity contribution in [2.24, 2.45) is 5.73 Å². The van der Waals surface area contributed by atoms with Gasteiger partial charge in [0.2, 0.25) is 5.91 Å². The maximum atomic E-state index is 12.0. The van der Waals surface area contributed by atoms with Crippen molar-refractivity contribution in [3.05, 3.63) is 29.8 Å². The fourth-order valence-electron chi connectivity index (χ4n) is 1.71. The van der Waals surface area contributed by atoms with Gasteiger partial charge in [0.15, 0.2) is 0 Å². The number of carbonyl (C=O) groups excluding carboxylic acids is 1. The molecule has 0 aliphatic rings. The number of likely N-dealkylation sites (N-methyl/N-ethyl adjacent to an activating group) is 1. The molecule has 0 fully saturated rings. The molecule has 0 bridgehead atoms. The third-order valence-corrected chi connectivity index (χ3v) is 2.86. The van der Waals surface area contributed by atoms with E-state index in [0.717, 1.165) is 5.56 Å². The van der Waals surface area contributed by atoms with Gasteiger partial charge in [-0.25, -0.2) is 0 Å². The van der Waals surface area contributed by atoms with E-state index in [9.17, 15) is 9.90 Å². The SMILES string of the molecule is CCOCCN(C)C(=O)C(N)Cc1ccc(O)cc1. The summed E-state index contributed by atoms with van der Waals surface area (Å²) in [4.78, 5) is 13.6. The van der Waals surface area contributed by atoms with E-state index < -0.39 is 6.04 Å². The number of ether oxygens (including phenoxy) is 1. The number of rotatable bonds is 7. The Kier molecular flexibility index (Phi) is 6.32. The van der Waals surface area contributed by atoms with Gasteiger partial charge < -0.3 is 20.5 Å². The van der Waals surface area contributed by atoms with Crippen molar-refractivity contribution in [2.75, 3.05) is 26.8 Å². The summed E-state index contributed by atoms with van der Waals surface area (Å²) in [7, 11) is 1.72. The topological polar surface area (TPSA) is 75.8 Å². The molecule has 0 radical (unpaired) electrons. The van der Waals surface area contributed by atoms with Crippen molar-refractivity contribution >= 4 is 5.91 Å². The van der Waals surface area contributed by atoms with Crippen LogP contribution in [0.25, 0.3) is 0 Å². The molecule has 1 amide bonds. The molecule has 3 N–H and O–H groups in total. The van der Waals surface area contributed by atoms with E-state index in [1.165, 1.54) is 0 Å². The van der Waals surface area contributed by atoms with E-state index in [0.29, 0.717) is 26.2 Å². The summed E-state index contributed by atoms with van der Waals surface area (Å²) in [5.74, 6) is 0.102. The van der Waals surface area contributed by atoms with Crippen LogP contribution >= 0.6 is 0 Å². The van der Waals surface area contributed by atoms with Crippen LogP contribution in [0.5, 0.6) is 5.75 Å². The Morgan fingerprint density at radius 1 is 1.42 bits per heavy atom. The van der Waals surface area contributed by atoms with Crippen molar-refractivity contribution in [1.82, 2.24) is 4.90 Å². The van der Waals surface area contributed by atoms with Crippen LogP contribution in [0.2, 0.25) is 0 Å². The lowest BCUT2D eigenvalue weighted by atomic mass is 10.1. The molecule has 19 heavy (non-hydrogen) atoms. The normalized spacial score (nSPS) is 12.2. The first-order valence-electron chi connectivity index (χ1n) is 6.40. The standard InChI is InChI=1S/C14H22N2O3/c1-3-19-9-8-16(2)14(18)13(15)10-11-4-6-12(17)7-5-11/h4-7,13,17H,3,8-10,15H2,1-2H3. The minimum Gasteiger partial charge on any atom is -0.508 e. The second-order valence-corrected chi connectivity index (χ2v) is 4.43. The second kappa shape index (κ2) is 7.76. The molecule has 1 unspecified atom stereocenters. The van der Waals surface area contributed by atoms with Crippen LogP contribution in [0.4, 0.5) is 0 Å². The van der Waals surface area contributed by atoms with E-state index in [4.69, 9.17) is 10.5 Å². The summed E-state index contributed by atoms with van der Waals surface area (Å²) in [6, 6.07) is 6.14. The zero-order valence-corrected chi connectivity index (χ0v) is 11.5. The molecule has 1 aromatic rings. The van der Waals surface area contributed by atoms with E-state index in [1.807, 2.05) is 6.92 Å². The van der Waals surface area contributed by atoms with Crippen LogP contribution in [0.15, 0.2) is 24.3 Å². The minimum atomic E-state index is -0.573. The van der Waals surface area contributed by atoms with Gasteiger partial charge in [-0.2, -0.15) is 0 Å². The first-order valence-corrected chi connectivity index (χ1v) is 6.40. The maximum absolute atomic E-state index is 12.0. The van der Waals surface area contributed by atoms with Crippen molar-refractivity contribution in [3.8, 4) is 5.75 Å². The number of phenolic OH excluding ortho intramolecular Hbond substituents is 1. The highest BCUT2D eigenvalue weighted by Gasteiger charge is 2.18. The summed E-state index contributed by atoms with van der Waals surface area (Å²) in [6.45, 7) is 3.61. The Morgan fingerprint density at radius 3 is 2.63 bits per heavy atom. The Hall–Kier alpha value is -1.59. The fourth-order valence-corrected chi connectivity index (χ4v) is 1.71. The number of nitrogens with two attached hydrogens (primary N) is 1. The van der Waals surface area contributed by atoms with Gasteiger partial charge in [-0.3, -0.25) is 4.79 Å². The van der Waals surface area contributed by atoms with Crippen LogP contribution in [0, 0.1) is 0 Å². The Labute approximate surface area is 114 Å². The molecule has 0 saturated carbocycles. The predicted molar refractivity (Wildman–Crippen MR) is 73.9 cm³/mol. The van der Waals surface area contributed by atoms with Gasteiger partial charge in [0.05, 0.1) is 12.6 Å². The lowest BCUT2D eigenvalue weighted by molar-refractivity contribution is -0.131. The van der Waals surface area contributed by atoms with Crippen LogP contribution in [0.3, 0.4) is 0 Å². The average molecular weight is 266 g/mol. The molecular weight excluding hydrogens is 244 g/mol. The van der Waals surface area contributed by atoms with E-state index in [2.05, 4.69) is 0 Å². The zero-order chi connectivity index (χ0) is 14.3. The van der Waals surface area contributed by atoms with Gasteiger partial charge in [-0.1, -0.05) is 12.1 Å². The van der Waals surface area contributed by atoms with Gasteiger partial charge in [0.25, 0.3) is 0 Å². The molecule has 1 aromatic carbocycles. The van der Waals surface area contributed by atoms with Gasteiger partial charge in [-0.15, -0.1) is 0 Å². The molecule has 0 aromatic heterocycles. The quantitative estimate of drug-likeness (QED) is 0.714. The molecule has 106 valence electrons. The molecular formula is C14H22N2O3. The highest BCUT2D eigenvalue weighted by atomic mass is 16.5. The maximum Gasteiger partial charge on any atom is 0.239 e. The smallest absolute Gasteiger partial charge is 0.239 e. The highest BCUT2D eigenvalue weighted by Crippen LogP contribution is 2.11. The van der Waals surface area contributed by atoms with E-state index in [-0.39, 0.29) is 11.7 Å². The van der Waals surface area contributed by atoms with Gasteiger partial charge in [0, 0.05) is 20.2 Å². The van der Waals surface area contributed by atoms with Crippen LogP contribution in [0.1, 0.15) is 12.5 Å². The largest absolute Gasteiger partial charge is 0.508 e. The first-order chi connectivity index (χ1) is 9.04. The van der Waals surface area contributed by atoms with Crippen molar-refractivity contribution < 1.29 is 14.6 Å². The molecule has 5 heteroatoms. The van der Waals surface area contributed by atoms with Gasteiger partial charge in [-0.05, 0) is 31.0 Å². The molecule has 1 atom stereocenters. The van der Waals surface area contributed by atoms with Crippen LogP contribution in [-0.2, 0) is 16.0 Å². The van der Waals surface area contributed by atoms with Gasteiger partial charge in [0.1, 0.15) is 5.75 Å². The second-order valence-electron chi connectivity index (χ2n) is 4.43. The summed E-state index contributed by atoms with van der Waals surface area (Å²) in [5, 5.41) is 9.19. The third kappa shape index (κ3) is 5.28. The number of hydrogen-bond acceptors (Lipinski definition) is 4. The van der Waals surface area contributed by atoms with Crippen molar-refractivity contribution in [2.45, 2.75) is 19.4 Å². The average Bonchev–Trinajstić information content (AvgIpc) is 2.40. The van der Waals surface area contributed by atoms with E-state index in [1.54, 1.807) is 36.2 Å². The Balaban J connectivity index is 2.45. The highest BCUT2D eigenvalue weighted by molar-refractivity contribution is 5.81. The van der Waals surface area contributed by atoms with Crippen LogP contribution < -0.4 is 5.73 Å². The number of hydrogen-bond donors (Lipinski definition) is 2. The van der Waals surface area contributed by atoms with Crippen molar-refractivity contribution in [3.63, 3.8) is 0 Å². The molecule has 0 aliphatic carbocycles. The Morgan fingerprint density at radius 2 is 2.05 bits per heavy atom. The lowest BCUT2D eigenvalue weighted by Crippen LogP contribution is -2.44. The van der Waals surface area contributed by atoms with Crippen LogP contribution in [-0.4, -0.2) is 48.8 Å². The molecule has 5 nitrogen and oxygen atoms in total. The predicted octanol–water partition coefficient (Wildman–Crippen LogP) is 0.757. The third-order valence-electron chi connectivity index (χ3n) is 2.86. The summed E-state index contributed by atoms with van der Waals surface area (Å²) >= 11 is 0. The first kappa shape index (κ1) is 15.5. The molecule has 0 spiro atoms. The summed E-state index contributed by atoms with van der Waals surface area (Å²) in [5.41, 5.74) is 6.83. The monoisotopic (exact) mass is 266 g/mol. The molecule has 0 aliphatic heterocycles. The number of nitrogens with zero attached hydrogens (tertiary/aromatic N) is 1.